The zero-order valence-electron chi connectivity index (χ0n) is 20.2. The van der Waals surface area contributed by atoms with Gasteiger partial charge in [-0.05, 0) is 50.5 Å². The summed E-state index contributed by atoms with van der Waals surface area (Å²) < 4.78 is 27.9. The van der Waals surface area contributed by atoms with Gasteiger partial charge in [-0.25, -0.2) is 13.2 Å². The lowest BCUT2D eigenvalue weighted by atomic mass is 10.1. The van der Waals surface area contributed by atoms with Crippen molar-refractivity contribution in [3.05, 3.63) is 64.7 Å². The summed E-state index contributed by atoms with van der Waals surface area (Å²) in [4.78, 5) is 38.4. The van der Waals surface area contributed by atoms with Crippen LogP contribution >= 0.6 is 0 Å². The number of aliphatic carboxylic acids is 1. The summed E-state index contributed by atoms with van der Waals surface area (Å²) >= 11 is 0. The number of carbonyl (C=O) groups excluding carboxylic acids is 2. The van der Waals surface area contributed by atoms with Crippen molar-refractivity contribution in [1.29, 1.82) is 0 Å². The Labute approximate surface area is 205 Å². The Kier molecular flexibility index (Phi) is 8.29. The van der Waals surface area contributed by atoms with E-state index in [0.717, 1.165) is 5.56 Å². The SMILES string of the molecule is Cc1cc(C)c(S(=O)(=O)N2CCN(C(=O)CC[C@H](NC(=O)c3ccccc3)C(=O)O)CC2)c(C)c1. The zero-order valence-corrected chi connectivity index (χ0v) is 21.0. The third-order valence-electron chi connectivity index (χ3n) is 6.08. The van der Waals surface area contributed by atoms with Crippen LogP contribution in [0.4, 0.5) is 0 Å². The van der Waals surface area contributed by atoms with Crippen molar-refractivity contribution < 1.29 is 27.9 Å². The summed E-state index contributed by atoms with van der Waals surface area (Å²) in [6.07, 6.45) is -0.137. The van der Waals surface area contributed by atoms with Gasteiger partial charge >= 0.3 is 5.97 Å². The van der Waals surface area contributed by atoms with Crippen molar-refractivity contribution in [2.24, 2.45) is 0 Å². The summed E-state index contributed by atoms with van der Waals surface area (Å²) in [5.41, 5.74) is 2.71. The minimum atomic E-state index is -3.70. The predicted molar refractivity (Wildman–Crippen MR) is 131 cm³/mol. The number of amides is 2. The highest BCUT2D eigenvalue weighted by Gasteiger charge is 2.32. The number of nitrogens with one attached hydrogen (secondary N) is 1. The van der Waals surface area contributed by atoms with E-state index in [9.17, 15) is 27.9 Å². The number of nitrogens with zero attached hydrogens (tertiary/aromatic N) is 2. The summed E-state index contributed by atoms with van der Waals surface area (Å²) in [5, 5.41) is 11.9. The largest absolute Gasteiger partial charge is 0.480 e. The summed E-state index contributed by atoms with van der Waals surface area (Å²) in [6, 6.07) is 10.7. The van der Waals surface area contributed by atoms with Gasteiger partial charge < -0.3 is 15.3 Å². The number of benzene rings is 2. The van der Waals surface area contributed by atoms with Crippen LogP contribution in [-0.4, -0.2) is 72.7 Å². The highest BCUT2D eigenvalue weighted by atomic mass is 32.2. The molecule has 10 heteroatoms. The van der Waals surface area contributed by atoms with E-state index in [2.05, 4.69) is 5.32 Å². The van der Waals surface area contributed by atoms with Crippen LogP contribution < -0.4 is 5.32 Å². The Hall–Kier alpha value is -3.24. The molecule has 0 aliphatic carbocycles. The molecule has 0 radical (unpaired) electrons. The molecule has 2 N–H and O–H groups in total. The second-order valence-electron chi connectivity index (χ2n) is 8.78. The molecule has 0 bridgehead atoms. The van der Waals surface area contributed by atoms with E-state index in [1.54, 1.807) is 49.1 Å². The van der Waals surface area contributed by atoms with Crippen molar-refractivity contribution in [1.82, 2.24) is 14.5 Å². The normalized spacial score (nSPS) is 15.5. The molecule has 1 fully saturated rings. The van der Waals surface area contributed by atoms with Crippen LogP contribution in [-0.2, 0) is 19.6 Å². The molecule has 188 valence electrons. The fraction of sp³-hybridized carbons (Fsp3) is 0.400. The molecule has 0 aromatic heterocycles. The summed E-state index contributed by atoms with van der Waals surface area (Å²) in [5.74, 6) is -2.02. The maximum absolute atomic E-state index is 13.2. The number of sulfonamides is 1. The van der Waals surface area contributed by atoms with Crippen molar-refractivity contribution in [2.45, 2.75) is 44.6 Å². The number of carboxylic acid groups (broad SMARTS) is 1. The molecule has 2 amide bonds. The van der Waals surface area contributed by atoms with E-state index in [1.807, 2.05) is 19.1 Å². The fourth-order valence-electron chi connectivity index (χ4n) is 4.40. The monoisotopic (exact) mass is 501 g/mol. The number of aryl methyl sites for hydroxylation is 3. The van der Waals surface area contributed by atoms with Gasteiger partial charge in [-0.3, -0.25) is 9.59 Å². The number of rotatable bonds is 8. The molecule has 1 saturated heterocycles. The summed E-state index contributed by atoms with van der Waals surface area (Å²) in [7, 11) is -3.70. The second-order valence-corrected chi connectivity index (χ2v) is 10.7. The Morgan fingerprint density at radius 1 is 0.971 bits per heavy atom. The van der Waals surface area contributed by atoms with Gasteiger partial charge in [0.2, 0.25) is 15.9 Å². The number of carboxylic acids is 1. The maximum Gasteiger partial charge on any atom is 0.326 e. The molecule has 1 atom stereocenters. The predicted octanol–water partition coefficient (Wildman–Crippen LogP) is 2.11. The van der Waals surface area contributed by atoms with Crippen LogP contribution in [0, 0.1) is 20.8 Å². The third-order valence-corrected chi connectivity index (χ3v) is 8.29. The molecule has 2 aromatic carbocycles. The van der Waals surface area contributed by atoms with Gasteiger partial charge in [0.15, 0.2) is 0 Å². The molecule has 1 heterocycles. The Morgan fingerprint density at radius 3 is 2.09 bits per heavy atom. The third kappa shape index (κ3) is 6.26. The summed E-state index contributed by atoms with van der Waals surface area (Å²) in [6.45, 7) is 6.24. The van der Waals surface area contributed by atoms with Crippen molar-refractivity contribution in [3.8, 4) is 0 Å². The van der Waals surface area contributed by atoms with Crippen molar-refractivity contribution in [2.75, 3.05) is 26.2 Å². The molecule has 0 spiro atoms. The first-order valence-electron chi connectivity index (χ1n) is 11.4. The Bertz CT molecular complexity index is 1180. The molecule has 0 saturated carbocycles. The van der Waals surface area contributed by atoms with Gasteiger partial charge in [-0.15, -0.1) is 0 Å². The topological polar surface area (TPSA) is 124 Å². The molecule has 2 aromatic rings. The Balaban J connectivity index is 1.57. The first kappa shape index (κ1) is 26.4. The first-order chi connectivity index (χ1) is 16.5. The highest BCUT2D eigenvalue weighted by molar-refractivity contribution is 7.89. The molecule has 0 unspecified atom stereocenters. The highest BCUT2D eigenvalue weighted by Crippen LogP contribution is 2.26. The average Bonchev–Trinajstić information content (AvgIpc) is 2.81. The standard InChI is InChI=1S/C25H31N3O6S/c1-17-15-18(2)23(19(3)16-17)35(33,34)28-13-11-27(12-14-28)22(29)10-9-21(25(31)32)26-24(30)20-7-5-4-6-8-20/h4-8,15-16,21H,9-14H2,1-3H3,(H,26,30)(H,31,32)/t21-/m0/s1. The minimum Gasteiger partial charge on any atom is -0.480 e. The lowest BCUT2D eigenvalue weighted by molar-refractivity contribution is -0.139. The fourth-order valence-corrected chi connectivity index (χ4v) is 6.23. The van der Waals surface area contributed by atoms with Crippen molar-refractivity contribution in [3.63, 3.8) is 0 Å². The quantitative estimate of drug-likeness (QED) is 0.571. The molecular weight excluding hydrogens is 470 g/mol. The van der Waals surface area contributed by atoms with E-state index in [4.69, 9.17) is 0 Å². The molecule has 9 nitrogen and oxygen atoms in total. The molecule has 1 aliphatic rings. The lowest BCUT2D eigenvalue weighted by Gasteiger charge is -2.34. The van der Waals surface area contributed by atoms with E-state index >= 15 is 0 Å². The molecule has 3 rings (SSSR count). The second kappa shape index (κ2) is 11.0. The van der Waals surface area contributed by atoms with E-state index < -0.39 is 27.9 Å². The van der Waals surface area contributed by atoms with Gasteiger partial charge in [-0.1, -0.05) is 35.9 Å². The molecule has 35 heavy (non-hydrogen) atoms. The smallest absolute Gasteiger partial charge is 0.326 e. The van der Waals surface area contributed by atoms with E-state index in [0.29, 0.717) is 21.6 Å². The van der Waals surface area contributed by atoms with Crippen LogP contribution in [0.15, 0.2) is 47.4 Å². The van der Waals surface area contributed by atoms with E-state index in [-0.39, 0.29) is 44.9 Å². The van der Waals surface area contributed by atoms with E-state index in [1.165, 1.54) is 4.31 Å². The van der Waals surface area contributed by atoms with Crippen LogP contribution in [0.25, 0.3) is 0 Å². The minimum absolute atomic E-state index is 0.0625. The molecule has 1 aliphatic heterocycles. The number of carbonyl (C=O) groups is 3. The van der Waals surface area contributed by atoms with Gasteiger partial charge in [-0.2, -0.15) is 4.31 Å². The van der Waals surface area contributed by atoms with Gasteiger partial charge in [0, 0.05) is 38.2 Å². The van der Waals surface area contributed by atoms with Gasteiger partial charge in [0.1, 0.15) is 6.04 Å². The van der Waals surface area contributed by atoms with Crippen LogP contribution in [0.5, 0.6) is 0 Å². The molecular formula is C25H31N3O6S. The Morgan fingerprint density at radius 2 is 1.54 bits per heavy atom. The van der Waals surface area contributed by atoms with Crippen LogP contribution in [0.2, 0.25) is 0 Å². The first-order valence-corrected chi connectivity index (χ1v) is 12.9. The van der Waals surface area contributed by atoms with Gasteiger partial charge in [0.25, 0.3) is 5.91 Å². The number of hydrogen-bond acceptors (Lipinski definition) is 5. The van der Waals surface area contributed by atoms with Crippen LogP contribution in [0.1, 0.15) is 39.9 Å². The number of hydrogen-bond donors (Lipinski definition) is 2. The zero-order chi connectivity index (χ0) is 25.8. The van der Waals surface area contributed by atoms with Crippen molar-refractivity contribution >= 4 is 27.8 Å². The average molecular weight is 502 g/mol. The van der Waals surface area contributed by atoms with Gasteiger partial charge in [0.05, 0.1) is 4.90 Å². The lowest BCUT2D eigenvalue weighted by Crippen LogP contribution is -2.51. The maximum atomic E-state index is 13.2. The number of piperazine rings is 1. The van der Waals surface area contributed by atoms with Crippen LogP contribution in [0.3, 0.4) is 0 Å².